The number of nitrogen functional groups attached to an aromatic ring is 1. The van der Waals surface area contributed by atoms with Crippen molar-refractivity contribution in [2.45, 2.75) is 0 Å². The van der Waals surface area contributed by atoms with E-state index in [1.807, 2.05) is 6.07 Å². The number of hydrogen-bond acceptors (Lipinski definition) is 3. The van der Waals surface area contributed by atoms with Gasteiger partial charge in [-0.1, -0.05) is 0 Å². The molecular weight excluding hydrogens is 204 g/mol. The number of aromatic nitrogens is 1. The standard InChI is InChI=1S/C11H14N4O/c1-15(2)14-11(16)9-6-13-10-4-3-7(12)5-8(9)10/h3-6,13H,12H2,1-2H3,(H,14,16). The summed E-state index contributed by atoms with van der Waals surface area (Å²) in [6, 6.07) is 5.44. The first-order valence-electron chi connectivity index (χ1n) is 4.93. The Morgan fingerprint density at radius 1 is 1.44 bits per heavy atom. The van der Waals surface area contributed by atoms with Gasteiger partial charge in [0.15, 0.2) is 0 Å². The highest BCUT2D eigenvalue weighted by atomic mass is 16.2. The highest BCUT2D eigenvalue weighted by Crippen LogP contribution is 2.20. The summed E-state index contributed by atoms with van der Waals surface area (Å²) in [4.78, 5) is 14.9. The Balaban J connectivity index is 2.44. The summed E-state index contributed by atoms with van der Waals surface area (Å²) < 4.78 is 0. The Hall–Kier alpha value is -2.01. The van der Waals surface area contributed by atoms with E-state index in [2.05, 4.69) is 10.4 Å². The normalized spacial score (nSPS) is 10.9. The van der Waals surface area contributed by atoms with Crippen LogP contribution in [0.2, 0.25) is 0 Å². The second-order valence-electron chi connectivity index (χ2n) is 3.84. The van der Waals surface area contributed by atoms with E-state index < -0.39 is 0 Å². The molecule has 0 atom stereocenters. The van der Waals surface area contributed by atoms with Crippen LogP contribution >= 0.6 is 0 Å². The quantitative estimate of drug-likeness (QED) is 0.519. The zero-order valence-electron chi connectivity index (χ0n) is 9.24. The number of carbonyl (C=O) groups excluding carboxylic acids is 1. The number of benzene rings is 1. The SMILES string of the molecule is CN(C)NC(=O)c1c[nH]c2ccc(N)cc12. The summed E-state index contributed by atoms with van der Waals surface area (Å²) in [7, 11) is 3.53. The Morgan fingerprint density at radius 3 is 2.88 bits per heavy atom. The van der Waals surface area contributed by atoms with E-state index in [-0.39, 0.29) is 5.91 Å². The number of hydrogen-bond donors (Lipinski definition) is 3. The summed E-state index contributed by atoms with van der Waals surface area (Å²) in [5.74, 6) is -0.151. The molecular formula is C11H14N4O. The molecule has 1 heterocycles. The monoisotopic (exact) mass is 218 g/mol. The predicted molar refractivity (Wildman–Crippen MR) is 63.9 cm³/mol. The van der Waals surface area contributed by atoms with Gasteiger partial charge in [0.1, 0.15) is 0 Å². The topological polar surface area (TPSA) is 74.2 Å². The number of nitrogens with zero attached hydrogens (tertiary/aromatic N) is 1. The number of hydrazine groups is 1. The maximum atomic E-state index is 11.8. The zero-order chi connectivity index (χ0) is 11.7. The van der Waals surface area contributed by atoms with Crippen LogP contribution in [0.3, 0.4) is 0 Å². The van der Waals surface area contributed by atoms with Crippen LogP contribution in [0.1, 0.15) is 10.4 Å². The number of nitrogens with two attached hydrogens (primary N) is 1. The fraction of sp³-hybridized carbons (Fsp3) is 0.182. The van der Waals surface area contributed by atoms with Gasteiger partial charge in [0.2, 0.25) is 0 Å². The fourth-order valence-electron chi connectivity index (χ4n) is 1.59. The van der Waals surface area contributed by atoms with Crippen LogP contribution in [-0.2, 0) is 0 Å². The fourth-order valence-corrected chi connectivity index (χ4v) is 1.59. The minimum atomic E-state index is -0.151. The van der Waals surface area contributed by atoms with Gasteiger partial charge in [-0.3, -0.25) is 10.2 Å². The van der Waals surface area contributed by atoms with E-state index in [0.717, 1.165) is 10.9 Å². The number of nitrogens with one attached hydrogen (secondary N) is 2. The molecule has 0 unspecified atom stereocenters. The first-order chi connectivity index (χ1) is 7.58. The first-order valence-corrected chi connectivity index (χ1v) is 4.93. The molecule has 5 nitrogen and oxygen atoms in total. The molecule has 16 heavy (non-hydrogen) atoms. The first kappa shape index (κ1) is 10.5. The van der Waals surface area contributed by atoms with E-state index in [0.29, 0.717) is 11.3 Å². The summed E-state index contributed by atoms with van der Waals surface area (Å²) in [6.07, 6.45) is 1.68. The molecule has 0 spiro atoms. The van der Waals surface area contributed by atoms with E-state index in [1.165, 1.54) is 0 Å². The third-order valence-corrected chi connectivity index (χ3v) is 2.28. The number of H-pyrrole nitrogens is 1. The van der Waals surface area contributed by atoms with Gasteiger partial charge in [0.25, 0.3) is 5.91 Å². The number of fused-ring (bicyclic) bond motifs is 1. The lowest BCUT2D eigenvalue weighted by Gasteiger charge is -2.10. The van der Waals surface area contributed by atoms with Crippen LogP contribution in [0.25, 0.3) is 10.9 Å². The molecule has 4 N–H and O–H groups in total. The number of carbonyl (C=O) groups is 1. The second kappa shape index (κ2) is 3.86. The number of amides is 1. The molecule has 0 saturated heterocycles. The summed E-state index contributed by atoms with van der Waals surface area (Å²) in [6.45, 7) is 0. The Bertz CT molecular complexity index is 530. The third kappa shape index (κ3) is 1.85. The molecule has 2 aromatic rings. The predicted octanol–water partition coefficient (Wildman–Crippen LogP) is 0.956. The van der Waals surface area contributed by atoms with Crippen LogP contribution in [0.15, 0.2) is 24.4 Å². The lowest BCUT2D eigenvalue weighted by atomic mass is 10.1. The average Bonchev–Trinajstić information content (AvgIpc) is 2.59. The smallest absolute Gasteiger partial charge is 0.267 e. The van der Waals surface area contributed by atoms with Gasteiger partial charge in [-0.05, 0) is 18.2 Å². The molecule has 0 bridgehead atoms. The van der Waals surface area contributed by atoms with Crippen LogP contribution in [0.4, 0.5) is 5.69 Å². The Kier molecular flexibility index (Phi) is 2.54. The molecule has 0 aliphatic heterocycles. The number of rotatable bonds is 2. The van der Waals surface area contributed by atoms with E-state index in [9.17, 15) is 4.79 Å². The van der Waals surface area contributed by atoms with Crippen molar-refractivity contribution in [1.82, 2.24) is 15.4 Å². The molecule has 1 aromatic carbocycles. The molecule has 2 rings (SSSR count). The summed E-state index contributed by atoms with van der Waals surface area (Å²) in [5, 5.41) is 2.44. The maximum Gasteiger partial charge on any atom is 0.267 e. The van der Waals surface area contributed by atoms with Gasteiger partial charge in [0.05, 0.1) is 5.56 Å². The summed E-state index contributed by atoms with van der Waals surface area (Å²) >= 11 is 0. The molecule has 5 heteroatoms. The van der Waals surface area contributed by atoms with Gasteiger partial charge in [-0.25, -0.2) is 5.01 Å². The van der Waals surface area contributed by atoms with E-state index in [4.69, 9.17) is 5.73 Å². The molecule has 84 valence electrons. The largest absolute Gasteiger partial charge is 0.399 e. The van der Waals surface area contributed by atoms with Crippen LogP contribution in [-0.4, -0.2) is 30.0 Å². The van der Waals surface area contributed by atoms with Crippen molar-refractivity contribution in [3.05, 3.63) is 30.0 Å². The molecule has 0 fully saturated rings. The highest BCUT2D eigenvalue weighted by molar-refractivity contribution is 6.07. The van der Waals surface area contributed by atoms with Crippen molar-refractivity contribution in [1.29, 1.82) is 0 Å². The van der Waals surface area contributed by atoms with Crippen LogP contribution in [0, 0.1) is 0 Å². The second-order valence-corrected chi connectivity index (χ2v) is 3.84. The van der Waals surface area contributed by atoms with Crippen molar-refractivity contribution in [3.63, 3.8) is 0 Å². The van der Waals surface area contributed by atoms with Crippen LogP contribution < -0.4 is 11.2 Å². The Morgan fingerprint density at radius 2 is 2.19 bits per heavy atom. The van der Waals surface area contributed by atoms with Gasteiger partial charge in [-0.15, -0.1) is 0 Å². The minimum Gasteiger partial charge on any atom is -0.399 e. The molecule has 0 aliphatic rings. The zero-order valence-corrected chi connectivity index (χ0v) is 9.24. The molecule has 0 saturated carbocycles. The molecule has 0 radical (unpaired) electrons. The van der Waals surface area contributed by atoms with E-state index >= 15 is 0 Å². The van der Waals surface area contributed by atoms with Gasteiger partial charge < -0.3 is 10.7 Å². The van der Waals surface area contributed by atoms with Crippen molar-refractivity contribution < 1.29 is 4.79 Å². The molecule has 0 aliphatic carbocycles. The molecule has 1 aromatic heterocycles. The minimum absolute atomic E-state index is 0.151. The summed E-state index contributed by atoms with van der Waals surface area (Å²) in [5.41, 5.74) is 10.5. The molecule has 1 amide bonds. The lowest BCUT2D eigenvalue weighted by Crippen LogP contribution is -2.35. The number of anilines is 1. The number of aromatic amines is 1. The van der Waals surface area contributed by atoms with Crippen molar-refractivity contribution in [2.75, 3.05) is 19.8 Å². The maximum absolute atomic E-state index is 11.8. The van der Waals surface area contributed by atoms with Crippen molar-refractivity contribution in [3.8, 4) is 0 Å². The average molecular weight is 218 g/mol. The highest BCUT2D eigenvalue weighted by Gasteiger charge is 2.12. The lowest BCUT2D eigenvalue weighted by molar-refractivity contribution is 0.0859. The van der Waals surface area contributed by atoms with Gasteiger partial charge in [-0.2, -0.15) is 0 Å². The van der Waals surface area contributed by atoms with Gasteiger partial charge >= 0.3 is 0 Å². The van der Waals surface area contributed by atoms with Crippen LogP contribution in [0.5, 0.6) is 0 Å². The third-order valence-electron chi connectivity index (χ3n) is 2.28. The van der Waals surface area contributed by atoms with Crippen molar-refractivity contribution >= 4 is 22.5 Å². The van der Waals surface area contributed by atoms with Gasteiger partial charge in [0, 0.05) is 36.9 Å². The van der Waals surface area contributed by atoms with E-state index in [1.54, 1.807) is 37.4 Å². The Labute approximate surface area is 93.2 Å². The van der Waals surface area contributed by atoms with Crippen molar-refractivity contribution in [2.24, 2.45) is 0 Å².